The lowest BCUT2D eigenvalue weighted by atomic mass is 9.75. The molecule has 2 N–H and O–H groups in total. The molecule has 4 rings (SSSR count). The van der Waals surface area contributed by atoms with Crippen molar-refractivity contribution in [1.29, 1.82) is 0 Å². The van der Waals surface area contributed by atoms with Crippen LogP contribution in [0.4, 0.5) is 36.3 Å². The lowest BCUT2D eigenvalue weighted by Gasteiger charge is -2.30. The number of benzene rings is 2. The maximum Gasteiger partial charge on any atom is 0.416 e. The van der Waals surface area contributed by atoms with Crippen molar-refractivity contribution in [3.63, 3.8) is 0 Å². The van der Waals surface area contributed by atoms with Gasteiger partial charge in [-0.15, -0.1) is 0 Å². The van der Waals surface area contributed by atoms with Crippen LogP contribution in [0.25, 0.3) is 0 Å². The van der Waals surface area contributed by atoms with Gasteiger partial charge >= 0.3 is 6.18 Å². The molecule has 166 valence electrons. The molecule has 1 aromatic heterocycles. The number of nitrogens with one attached hydrogen (secondary N) is 2. The Bertz CT molecular complexity index is 1190. The number of ketones is 1. The van der Waals surface area contributed by atoms with Gasteiger partial charge in [0.2, 0.25) is 5.95 Å². The molecule has 1 aliphatic rings. The van der Waals surface area contributed by atoms with Gasteiger partial charge in [0.1, 0.15) is 5.82 Å². The molecule has 2 aromatic carbocycles. The van der Waals surface area contributed by atoms with Gasteiger partial charge in [0.05, 0.1) is 16.8 Å². The Hall–Kier alpha value is -3.13. The minimum atomic E-state index is -4.47. The van der Waals surface area contributed by atoms with Crippen molar-refractivity contribution < 1.29 is 18.0 Å². The summed E-state index contributed by atoms with van der Waals surface area (Å²) in [7, 11) is 0. The number of halogens is 4. The molecule has 0 radical (unpaired) electrons. The SMILES string of the molecule is CC1(C)CC(=O)c2c(nc(Nc3cccc(C(F)(F)F)c3)nc2Nc2cccc(Cl)c2)C1. The summed E-state index contributed by atoms with van der Waals surface area (Å²) in [6, 6.07) is 11.7. The van der Waals surface area contributed by atoms with Crippen LogP contribution in [0.2, 0.25) is 5.02 Å². The summed E-state index contributed by atoms with van der Waals surface area (Å²) < 4.78 is 39.2. The van der Waals surface area contributed by atoms with Crippen molar-refractivity contribution in [2.75, 3.05) is 10.6 Å². The highest BCUT2D eigenvalue weighted by molar-refractivity contribution is 6.30. The van der Waals surface area contributed by atoms with Crippen LogP contribution in [0, 0.1) is 5.41 Å². The first-order chi connectivity index (χ1) is 15.0. The first-order valence-corrected chi connectivity index (χ1v) is 10.3. The average Bonchev–Trinajstić information content (AvgIpc) is 2.66. The van der Waals surface area contributed by atoms with Crippen LogP contribution in [-0.4, -0.2) is 15.8 Å². The molecule has 1 aliphatic carbocycles. The van der Waals surface area contributed by atoms with Crippen molar-refractivity contribution >= 4 is 40.5 Å². The van der Waals surface area contributed by atoms with Gasteiger partial charge in [-0.05, 0) is 48.2 Å². The minimum absolute atomic E-state index is 0.0913. The van der Waals surface area contributed by atoms with Gasteiger partial charge in [0, 0.05) is 22.8 Å². The van der Waals surface area contributed by atoms with E-state index >= 15 is 0 Å². The van der Waals surface area contributed by atoms with Crippen molar-refractivity contribution in [3.8, 4) is 0 Å². The predicted octanol–water partition coefficient (Wildman–Crippen LogP) is 6.79. The molecule has 0 fully saturated rings. The van der Waals surface area contributed by atoms with Crippen molar-refractivity contribution in [3.05, 3.63) is 70.4 Å². The number of hydrogen-bond donors (Lipinski definition) is 2. The van der Waals surface area contributed by atoms with E-state index in [0.717, 1.165) is 12.1 Å². The molecular formula is C23H20ClF3N4O. The second-order valence-electron chi connectivity index (χ2n) is 8.50. The fourth-order valence-electron chi connectivity index (χ4n) is 3.72. The van der Waals surface area contributed by atoms with Crippen LogP contribution < -0.4 is 10.6 Å². The lowest BCUT2D eigenvalue weighted by molar-refractivity contribution is -0.137. The largest absolute Gasteiger partial charge is 0.416 e. The number of aromatic nitrogens is 2. The molecule has 1 heterocycles. The van der Waals surface area contributed by atoms with Crippen LogP contribution in [-0.2, 0) is 12.6 Å². The molecule has 0 bridgehead atoms. The Balaban J connectivity index is 1.76. The zero-order valence-corrected chi connectivity index (χ0v) is 18.1. The van der Waals surface area contributed by atoms with Crippen LogP contribution in [0.3, 0.4) is 0 Å². The zero-order valence-electron chi connectivity index (χ0n) is 17.3. The van der Waals surface area contributed by atoms with E-state index in [1.54, 1.807) is 24.3 Å². The van der Waals surface area contributed by atoms with Gasteiger partial charge in [-0.3, -0.25) is 4.79 Å². The minimum Gasteiger partial charge on any atom is -0.339 e. The summed E-state index contributed by atoms with van der Waals surface area (Å²) in [5, 5.41) is 6.47. The van der Waals surface area contributed by atoms with Gasteiger partial charge in [-0.1, -0.05) is 37.6 Å². The predicted molar refractivity (Wildman–Crippen MR) is 118 cm³/mol. The average molecular weight is 461 g/mol. The second kappa shape index (κ2) is 8.09. The fraction of sp³-hybridized carbons (Fsp3) is 0.261. The molecule has 0 saturated heterocycles. The molecule has 0 amide bonds. The number of carbonyl (C=O) groups is 1. The number of rotatable bonds is 4. The molecule has 0 unspecified atom stereocenters. The summed E-state index contributed by atoms with van der Waals surface area (Å²) in [5.74, 6) is 0.289. The Labute approximate surface area is 188 Å². The van der Waals surface area contributed by atoms with E-state index in [4.69, 9.17) is 11.6 Å². The lowest BCUT2D eigenvalue weighted by Crippen LogP contribution is -2.29. The Kier molecular flexibility index (Phi) is 5.58. The summed E-state index contributed by atoms with van der Waals surface area (Å²) in [4.78, 5) is 21.8. The maximum atomic E-state index is 13.1. The molecule has 5 nitrogen and oxygen atoms in total. The number of hydrogen-bond acceptors (Lipinski definition) is 5. The third kappa shape index (κ3) is 4.85. The highest BCUT2D eigenvalue weighted by Gasteiger charge is 2.35. The topological polar surface area (TPSA) is 66.9 Å². The number of alkyl halides is 3. The first-order valence-electron chi connectivity index (χ1n) is 9.91. The number of Topliss-reactive ketones (excluding diaryl/α,β-unsaturated/α-hetero) is 1. The highest BCUT2D eigenvalue weighted by atomic mass is 35.5. The first kappa shape index (κ1) is 22.1. The number of anilines is 4. The molecule has 3 aromatic rings. The maximum absolute atomic E-state index is 13.1. The second-order valence-corrected chi connectivity index (χ2v) is 8.93. The monoisotopic (exact) mass is 460 g/mol. The third-order valence-electron chi connectivity index (χ3n) is 5.08. The smallest absolute Gasteiger partial charge is 0.339 e. The van der Waals surface area contributed by atoms with Crippen molar-refractivity contribution in [1.82, 2.24) is 9.97 Å². The molecular weight excluding hydrogens is 441 g/mol. The number of fused-ring (bicyclic) bond motifs is 1. The molecule has 32 heavy (non-hydrogen) atoms. The zero-order chi connectivity index (χ0) is 23.1. The van der Waals surface area contributed by atoms with Crippen LogP contribution in [0.5, 0.6) is 0 Å². The highest BCUT2D eigenvalue weighted by Crippen LogP contribution is 2.38. The Morgan fingerprint density at radius 2 is 1.66 bits per heavy atom. The Morgan fingerprint density at radius 3 is 2.34 bits per heavy atom. The fourth-order valence-corrected chi connectivity index (χ4v) is 3.91. The van der Waals surface area contributed by atoms with Gasteiger partial charge in [0.15, 0.2) is 5.78 Å². The number of carbonyl (C=O) groups excluding carboxylic acids is 1. The summed E-state index contributed by atoms with van der Waals surface area (Å²) in [6.07, 6.45) is -3.60. The van der Waals surface area contributed by atoms with Crippen molar-refractivity contribution in [2.24, 2.45) is 5.41 Å². The van der Waals surface area contributed by atoms with E-state index < -0.39 is 11.7 Å². The molecule has 0 spiro atoms. The molecule has 0 saturated carbocycles. The van der Waals surface area contributed by atoms with E-state index in [0.29, 0.717) is 34.8 Å². The third-order valence-corrected chi connectivity index (χ3v) is 5.32. The van der Waals surface area contributed by atoms with Crippen LogP contribution >= 0.6 is 11.6 Å². The van der Waals surface area contributed by atoms with Gasteiger partial charge in [0.25, 0.3) is 0 Å². The van der Waals surface area contributed by atoms with Gasteiger partial charge < -0.3 is 10.6 Å². The van der Waals surface area contributed by atoms with E-state index in [1.807, 2.05) is 13.8 Å². The van der Waals surface area contributed by atoms with Gasteiger partial charge in [-0.25, -0.2) is 4.98 Å². The summed E-state index contributed by atoms with van der Waals surface area (Å²) in [6.45, 7) is 3.94. The van der Waals surface area contributed by atoms with E-state index in [1.165, 1.54) is 12.1 Å². The summed E-state index contributed by atoms with van der Waals surface area (Å²) in [5.41, 5.74) is 0.670. The van der Waals surface area contributed by atoms with Crippen LogP contribution in [0.15, 0.2) is 48.5 Å². The standard InChI is InChI=1S/C23H20ClF3N4O/c1-22(2)11-17-19(18(32)12-22)20(28-16-8-4-6-14(24)10-16)31-21(30-17)29-15-7-3-5-13(9-15)23(25,26)27/h3-10H,11-12H2,1-2H3,(H2,28,29,30,31). The summed E-state index contributed by atoms with van der Waals surface area (Å²) >= 11 is 6.07. The van der Waals surface area contributed by atoms with Crippen molar-refractivity contribution in [2.45, 2.75) is 32.9 Å². The molecule has 0 aliphatic heterocycles. The van der Waals surface area contributed by atoms with Gasteiger partial charge in [-0.2, -0.15) is 18.2 Å². The number of nitrogens with zero attached hydrogens (tertiary/aromatic N) is 2. The van der Waals surface area contributed by atoms with Crippen LogP contribution in [0.1, 0.15) is 41.9 Å². The van der Waals surface area contributed by atoms with E-state index in [-0.39, 0.29) is 28.7 Å². The Morgan fingerprint density at radius 1 is 0.969 bits per heavy atom. The quantitative estimate of drug-likeness (QED) is 0.448. The molecule has 0 atom stereocenters. The van der Waals surface area contributed by atoms with E-state index in [2.05, 4.69) is 20.6 Å². The van der Waals surface area contributed by atoms with E-state index in [9.17, 15) is 18.0 Å². The molecule has 9 heteroatoms. The normalized spacial score (nSPS) is 15.2.